The molecule has 1 aromatic heterocycles. The van der Waals surface area contributed by atoms with Crippen LogP contribution < -0.4 is 15.5 Å². The second-order valence-corrected chi connectivity index (χ2v) is 6.29. The minimum Gasteiger partial charge on any atom is -0.353 e. The molecule has 2 atom stereocenters. The zero-order valence-corrected chi connectivity index (χ0v) is 13.5. The molecule has 1 aromatic rings. The molecule has 1 amide bonds. The monoisotopic (exact) mass is 296 g/mol. The Morgan fingerprint density at radius 3 is 3.05 bits per heavy atom. The molecule has 2 N–H and O–H groups in total. The number of piperazine rings is 1. The lowest BCUT2D eigenvalue weighted by Crippen LogP contribution is -2.54. The van der Waals surface area contributed by atoms with E-state index in [0.29, 0.717) is 12.6 Å². The van der Waals surface area contributed by atoms with Crippen molar-refractivity contribution in [2.75, 3.05) is 24.5 Å². The van der Waals surface area contributed by atoms with Crippen LogP contribution in [0.2, 0.25) is 0 Å². The van der Waals surface area contributed by atoms with Crippen molar-refractivity contribution in [3.63, 3.8) is 0 Å². The van der Waals surface area contributed by atoms with E-state index >= 15 is 0 Å². The first kappa shape index (κ1) is 15.3. The number of carbonyl (C=O) groups is 1. The minimum absolute atomic E-state index is 0.0859. The standard InChI is InChI=1S/C14H24N4OS/c1-5-6-15-9(2)12-10(3)17-14(20-12)18-8-7-16-13(19)11(18)4/h9,11,15H,5-8H2,1-4H3,(H,16,19). The summed E-state index contributed by atoms with van der Waals surface area (Å²) < 4.78 is 0. The molecular weight excluding hydrogens is 272 g/mol. The fraction of sp³-hybridized carbons (Fsp3) is 0.714. The number of hydrogen-bond donors (Lipinski definition) is 2. The number of hydrogen-bond acceptors (Lipinski definition) is 5. The van der Waals surface area contributed by atoms with Gasteiger partial charge in [0.05, 0.1) is 5.69 Å². The van der Waals surface area contributed by atoms with Gasteiger partial charge in [-0.05, 0) is 33.7 Å². The van der Waals surface area contributed by atoms with Gasteiger partial charge < -0.3 is 15.5 Å². The van der Waals surface area contributed by atoms with Gasteiger partial charge in [-0.15, -0.1) is 0 Å². The lowest BCUT2D eigenvalue weighted by molar-refractivity contribution is -0.122. The molecule has 2 unspecified atom stereocenters. The third-order valence-corrected chi connectivity index (χ3v) is 5.04. The van der Waals surface area contributed by atoms with E-state index in [1.165, 1.54) is 4.88 Å². The number of nitrogens with zero attached hydrogens (tertiary/aromatic N) is 2. The molecule has 2 heterocycles. The van der Waals surface area contributed by atoms with Crippen molar-refractivity contribution in [3.8, 4) is 0 Å². The average molecular weight is 296 g/mol. The number of anilines is 1. The molecule has 0 radical (unpaired) electrons. The van der Waals surface area contributed by atoms with Crippen molar-refractivity contribution < 1.29 is 4.79 Å². The van der Waals surface area contributed by atoms with Gasteiger partial charge in [-0.2, -0.15) is 0 Å². The Hall–Kier alpha value is -1.14. The van der Waals surface area contributed by atoms with Crippen molar-refractivity contribution in [1.82, 2.24) is 15.6 Å². The van der Waals surface area contributed by atoms with Gasteiger partial charge >= 0.3 is 0 Å². The van der Waals surface area contributed by atoms with Crippen LogP contribution in [-0.2, 0) is 4.79 Å². The number of aromatic nitrogens is 1. The summed E-state index contributed by atoms with van der Waals surface area (Å²) in [5.41, 5.74) is 1.07. The van der Waals surface area contributed by atoms with Crippen LogP contribution in [0.15, 0.2) is 0 Å². The molecule has 0 saturated carbocycles. The van der Waals surface area contributed by atoms with Crippen LogP contribution in [0.3, 0.4) is 0 Å². The Morgan fingerprint density at radius 2 is 2.35 bits per heavy atom. The van der Waals surface area contributed by atoms with Crippen LogP contribution in [0, 0.1) is 6.92 Å². The molecule has 5 nitrogen and oxygen atoms in total. The molecule has 1 saturated heterocycles. The van der Waals surface area contributed by atoms with Gasteiger partial charge in [0.1, 0.15) is 6.04 Å². The average Bonchev–Trinajstić information content (AvgIpc) is 2.81. The molecule has 0 aromatic carbocycles. The summed E-state index contributed by atoms with van der Waals surface area (Å²) in [4.78, 5) is 19.8. The highest BCUT2D eigenvalue weighted by atomic mass is 32.1. The molecule has 0 bridgehead atoms. The van der Waals surface area contributed by atoms with E-state index in [1.54, 1.807) is 11.3 Å². The lowest BCUT2D eigenvalue weighted by Gasteiger charge is -2.32. The zero-order chi connectivity index (χ0) is 14.7. The van der Waals surface area contributed by atoms with Crippen LogP contribution in [0.4, 0.5) is 5.13 Å². The normalized spacial score (nSPS) is 20.9. The second-order valence-electron chi connectivity index (χ2n) is 5.28. The largest absolute Gasteiger partial charge is 0.353 e. The Bertz CT molecular complexity index is 474. The maximum atomic E-state index is 11.8. The summed E-state index contributed by atoms with van der Waals surface area (Å²) in [5, 5.41) is 7.35. The third-order valence-electron chi connectivity index (χ3n) is 3.66. The van der Waals surface area contributed by atoms with E-state index in [9.17, 15) is 4.79 Å². The van der Waals surface area contributed by atoms with Crippen molar-refractivity contribution in [3.05, 3.63) is 10.6 Å². The summed E-state index contributed by atoms with van der Waals surface area (Å²) in [5.74, 6) is 0.0859. The predicted molar refractivity (Wildman–Crippen MR) is 83.4 cm³/mol. The van der Waals surface area contributed by atoms with E-state index in [4.69, 9.17) is 0 Å². The highest BCUT2D eigenvalue weighted by Crippen LogP contribution is 2.32. The Balaban J connectivity index is 2.15. The predicted octanol–water partition coefficient (Wildman–Crippen LogP) is 1.84. The fourth-order valence-electron chi connectivity index (χ4n) is 2.42. The van der Waals surface area contributed by atoms with E-state index in [0.717, 1.165) is 30.3 Å². The van der Waals surface area contributed by atoms with Crippen molar-refractivity contribution >= 4 is 22.4 Å². The molecule has 1 aliphatic rings. The molecule has 0 spiro atoms. The van der Waals surface area contributed by atoms with Crippen molar-refractivity contribution in [2.24, 2.45) is 0 Å². The molecule has 20 heavy (non-hydrogen) atoms. The number of aryl methyl sites for hydroxylation is 1. The Labute approximate surface area is 124 Å². The van der Waals surface area contributed by atoms with Gasteiger partial charge in [0.25, 0.3) is 0 Å². The Kier molecular flexibility index (Phi) is 4.99. The maximum absolute atomic E-state index is 11.8. The molecule has 1 fully saturated rings. The number of nitrogens with one attached hydrogen (secondary N) is 2. The SMILES string of the molecule is CCCNC(C)c1sc(N2CCNC(=O)C2C)nc1C. The zero-order valence-electron chi connectivity index (χ0n) is 12.7. The van der Waals surface area contributed by atoms with E-state index in [1.807, 2.05) is 13.8 Å². The van der Waals surface area contributed by atoms with Gasteiger partial charge in [-0.1, -0.05) is 18.3 Å². The minimum atomic E-state index is -0.138. The van der Waals surface area contributed by atoms with E-state index < -0.39 is 0 Å². The molecule has 2 rings (SSSR count). The molecule has 1 aliphatic heterocycles. The second kappa shape index (κ2) is 6.54. The highest BCUT2D eigenvalue weighted by Gasteiger charge is 2.28. The number of rotatable bonds is 5. The van der Waals surface area contributed by atoms with Gasteiger partial charge in [-0.25, -0.2) is 4.98 Å². The lowest BCUT2D eigenvalue weighted by atomic mass is 10.2. The molecule has 6 heteroatoms. The first-order chi connectivity index (χ1) is 9.54. The summed E-state index contributed by atoms with van der Waals surface area (Å²) in [7, 11) is 0. The first-order valence-corrected chi connectivity index (χ1v) is 8.11. The summed E-state index contributed by atoms with van der Waals surface area (Å²) in [6.07, 6.45) is 1.12. The molecule has 112 valence electrons. The number of carbonyl (C=O) groups excluding carboxylic acids is 1. The maximum Gasteiger partial charge on any atom is 0.242 e. The number of amides is 1. The quantitative estimate of drug-likeness (QED) is 0.870. The third kappa shape index (κ3) is 3.12. The van der Waals surface area contributed by atoms with Crippen LogP contribution in [0.1, 0.15) is 43.8 Å². The van der Waals surface area contributed by atoms with E-state index in [2.05, 4.69) is 34.4 Å². The molecule has 0 aliphatic carbocycles. The van der Waals surface area contributed by atoms with Crippen LogP contribution >= 0.6 is 11.3 Å². The van der Waals surface area contributed by atoms with Crippen molar-refractivity contribution in [1.29, 1.82) is 0 Å². The van der Waals surface area contributed by atoms with Crippen LogP contribution in [0.5, 0.6) is 0 Å². The van der Waals surface area contributed by atoms with Gasteiger partial charge in [0, 0.05) is 24.0 Å². The van der Waals surface area contributed by atoms with Crippen LogP contribution in [-0.4, -0.2) is 36.6 Å². The van der Waals surface area contributed by atoms with E-state index in [-0.39, 0.29) is 11.9 Å². The summed E-state index contributed by atoms with van der Waals surface area (Å²) in [6, 6.07) is 0.177. The first-order valence-electron chi connectivity index (χ1n) is 7.29. The summed E-state index contributed by atoms with van der Waals surface area (Å²) >= 11 is 1.70. The van der Waals surface area contributed by atoms with Crippen LogP contribution in [0.25, 0.3) is 0 Å². The molecular formula is C14H24N4OS. The Morgan fingerprint density at radius 1 is 1.60 bits per heavy atom. The smallest absolute Gasteiger partial charge is 0.242 e. The van der Waals surface area contributed by atoms with Crippen molar-refractivity contribution in [2.45, 2.75) is 46.2 Å². The summed E-state index contributed by atoms with van der Waals surface area (Å²) in [6.45, 7) is 10.9. The highest BCUT2D eigenvalue weighted by molar-refractivity contribution is 7.15. The van der Waals surface area contributed by atoms with Gasteiger partial charge in [0.2, 0.25) is 5.91 Å². The van der Waals surface area contributed by atoms with Gasteiger partial charge in [-0.3, -0.25) is 4.79 Å². The number of thiazole rings is 1. The fourth-order valence-corrected chi connectivity index (χ4v) is 3.61. The topological polar surface area (TPSA) is 57.3 Å². The van der Waals surface area contributed by atoms with Gasteiger partial charge in [0.15, 0.2) is 5.13 Å².